The Hall–Kier alpha value is -2.09. The molecule has 0 spiro atoms. The number of nitro benzene ring substituents is 1. The molecule has 0 bridgehead atoms. The maximum Gasteiger partial charge on any atom is 0.292 e. The van der Waals surface area contributed by atoms with Crippen LogP contribution in [-0.2, 0) is 0 Å². The Labute approximate surface area is 74.3 Å². The van der Waals surface area contributed by atoms with E-state index in [1.165, 1.54) is 24.5 Å². The summed E-state index contributed by atoms with van der Waals surface area (Å²) in [6.07, 6.45) is 1.49. The molecule has 5 nitrogen and oxygen atoms in total. The van der Waals surface area contributed by atoms with Crippen molar-refractivity contribution in [2.75, 3.05) is 0 Å². The molecule has 5 heteroatoms. The first kappa shape index (κ1) is 9.00. The van der Waals surface area contributed by atoms with Crippen LogP contribution in [0, 0.1) is 28.6 Å². The van der Waals surface area contributed by atoms with Crippen LogP contribution in [0.4, 0.5) is 5.69 Å². The maximum absolute atomic E-state index is 10.4. The second-order valence-electron chi connectivity index (χ2n) is 2.40. The van der Waals surface area contributed by atoms with Gasteiger partial charge in [0.25, 0.3) is 11.9 Å². The minimum atomic E-state index is -0.481. The molecule has 0 aliphatic rings. The van der Waals surface area contributed by atoms with Gasteiger partial charge in [-0.1, -0.05) is 0 Å². The molecule has 0 aromatic heterocycles. The van der Waals surface area contributed by atoms with Crippen LogP contribution in [0.2, 0.25) is 0 Å². The second-order valence-corrected chi connectivity index (χ2v) is 2.40. The lowest BCUT2D eigenvalue weighted by Crippen LogP contribution is -1.92. The van der Waals surface area contributed by atoms with Gasteiger partial charge in [-0.05, 0) is 19.1 Å². The van der Waals surface area contributed by atoms with Crippen molar-refractivity contribution in [1.29, 1.82) is 5.26 Å². The average Bonchev–Trinajstić information content (AvgIpc) is 2.04. The zero-order valence-corrected chi connectivity index (χ0v) is 6.85. The molecule has 1 rings (SSSR count). The highest BCUT2D eigenvalue weighted by molar-refractivity contribution is 5.44. The summed E-state index contributed by atoms with van der Waals surface area (Å²) < 4.78 is 4.50. The molecule has 1 aromatic rings. The van der Waals surface area contributed by atoms with Gasteiger partial charge in [-0.3, -0.25) is 10.1 Å². The third-order valence-electron chi connectivity index (χ3n) is 1.53. The number of nitro groups is 1. The molecule has 0 fully saturated rings. The molecule has 0 N–H and O–H groups in total. The Bertz CT molecular complexity index is 381. The van der Waals surface area contributed by atoms with Crippen molar-refractivity contribution in [2.24, 2.45) is 0 Å². The highest BCUT2D eigenvalue weighted by Gasteiger charge is 2.10. The van der Waals surface area contributed by atoms with Crippen molar-refractivity contribution in [3.63, 3.8) is 0 Å². The first-order chi connectivity index (χ1) is 6.15. The molecule has 1 aromatic carbocycles. The first-order valence-corrected chi connectivity index (χ1v) is 3.46. The van der Waals surface area contributed by atoms with Crippen molar-refractivity contribution in [1.82, 2.24) is 0 Å². The fourth-order valence-electron chi connectivity index (χ4n) is 0.949. The van der Waals surface area contributed by atoms with Gasteiger partial charge in [-0.2, -0.15) is 0 Å². The molecule has 0 heterocycles. The summed E-state index contributed by atoms with van der Waals surface area (Å²) in [6, 6.07) is 4.14. The van der Waals surface area contributed by atoms with E-state index in [1.807, 2.05) is 0 Å². The lowest BCUT2D eigenvalue weighted by molar-refractivity contribution is -0.385. The number of nitrogens with zero attached hydrogens (tertiary/aromatic N) is 2. The maximum atomic E-state index is 10.4. The number of benzene rings is 1. The molecule has 13 heavy (non-hydrogen) atoms. The summed E-state index contributed by atoms with van der Waals surface area (Å²) in [5.41, 5.74) is 0.489. The third kappa shape index (κ3) is 1.93. The summed E-state index contributed by atoms with van der Waals surface area (Å²) in [4.78, 5) is 9.91. The van der Waals surface area contributed by atoms with Gasteiger partial charge in [0.05, 0.1) is 4.92 Å². The average molecular weight is 178 g/mol. The first-order valence-electron chi connectivity index (χ1n) is 3.46. The number of hydrogen-bond acceptors (Lipinski definition) is 4. The van der Waals surface area contributed by atoms with E-state index >= 15 is 0 Å². The van der Waals surface area contributed by atoms with E-state index < -0.39 is 4.92 Å². The number of rotatable bonds is 2. The summed E-state index contributed by atoms with van der Waals surface area (Å²) in [6.45, 7) is 1.59. The molecule has 0 unspecified atom stereocenters. The van der Waals surface area contributed by atoms with Gasteiger partial charge in [-0.15, -0.1) is 5.26 Å². The van der Waals surface area contributed by atoms with E-state index in [-0.39, 0.29) is 5.69 Å². The Morgan fingerprint density at radius 3 is 2.77 bits per heavy atom. The molecule has 0 atom stereocenters. The zero-order valence-electron chi connectivity index (χ0n) is 6.85. The predicted octanol–water partition coefficient (Wildman–Crippen LogP) is 1.76. The number of aryl methyl sites for hydroxylation is 1. The van der Waals surface area contributed by atoms with E-state index in [1.54, 1.807) is 6.92 Å². The predicted molar refractivity (Wildman–Crippen MR) is 44.1 cm³/mol. The van der Waals surface area contributed by atoms with Crippen LogP contribution in [0.15, 0.2) is 18.2 Å². The van der Waals surface area contributed by atoms with Gasteiger partial charge in [0.1, 0.15) is 5.75 Å². The van der Waals surface area contributed by atoms with Crippen molar-refractivity contribution in [2.45, 2.75) is 6.92 Å². The van der Waals surface area contributed by atoms with Crippen LogP contribution in [0.1, 0.15) is 5.56 Å². The molecule has 0 aliphatic carbocycles. The zero-order chi connectivity index (χ0) is 9.84. The molecule has 0 saturated carbocycles. The summed E-state index contributed by atoms with van der Waals surface area (Å²) >= 11 is 0. The normalized spacial score (nSPS) is 8.92. The highest BCUT2D eigenvalue weighted by Crippen LogP contribution is 2.22. The lowest BCUT2D eigenvalue weighted by Gasteiger charge is -1.98. The van der Waals surface area contributed by atoms with Crippen molar-refractivity contribution >= 4 is 5.69 Å². The monoisotopic (exact) mass is 178 g/mol. The SMILES string of the molecule is Cc1cc(OC#N)ccc1[N+](=O)[O-]. The fraction of sp³-hybridized carbons (Fsp3) is 0.125. The number of hydrogen-bond donors (Lipinski definition) is 0. The Kier molecular flexibility index (Phi) is 2.45. The van der Waals surface area contributed by atoms with E-state index in [0.717, 1.165) is 0 Å². The van der Waals surface area contributed by atoms with E-state index in [0.29, 0.717) is 11.3 Å². The summed E-state index contributed by atoms with van der Waals surface area (Å²) in [5, 5.41) is 18.6. The Balaban J connectivity index is 3.07. The van der Waals surface area contributed by atoms with E-state index in [4.69, 9.17) is 5.26 Å². The quantitative estimate of drug-likeness (QED) is 0.392. The van der Waals surface area contributed by atoms with Crippen LogP contribution < -0.4 is 4.74 Å². The van der Waals surface area contributed by atoms with Gasteiger partial charge < -0.3 is 4.74 Å². The van der Waals surface area contributed by atoms with Gasteiger partial charge in [0.2, 0.25) is 0 Å². The smallest absolute Gasteiger partial charge is 0.292 e. The second kappa shape index (κ2) is 3.54. The minimum Gasteiger partial charge on any atom is -0.388 e. The van der Waals surface area contributed by atoms with Gasteiger partial charge in [0.15, 0.2) is 0 Å². The Morgan fingerprint density at radius 2 is 2.31 bits per heavy atom. The molecular weight excluding hydrogens is 172 g/mol. The van der Waals surface area contributed by atoms with Crippen LogP contribution in [0.5, 0.6) is 5.75 Å². The highest BCUT2D eigenvalue weighted by atomic mass is 16.6. The van der Waals surface area contributed by atoms with Crippen LogP contribution in [0.3, 0.4) is 0 Å². The number of nitriles is 1. The topological polar surface area (TPSA) is 76.2 Å². The number of ether oxygens (including phenoxy) is 1. The van der Waals surface area contributed by atoms with Crippen molar-refractivity contribution in [3.8, 4) is 12.0 Å². The van der Waals surface area contributed by atoms with Crippen LogP contribution in [-0.4, -0.2) is 4.92 Å². The van der Waals surface area contributed by atoms with Gasteiger partial charge in [0, 0.05) is 11.6 Å². The lowest BCUT2D eigenvalue weighted by atomic mass is 10.2. The Morgan fingerprint density at radius 1 is 1.62 bits per heavy atom. The van der Waals surface area contributed by atoms with E-state index in [2.05, 4.69) is 4.74 Å². The van der Waals surface area contributed by atoms with Crippen LogP contribution >= 0.6 is 0 Å². The van der Waals surface area contributed by atoms with Gasteiger partial charge in [-0.25, -0.2) is 0 Å². The summed E-state index contributed by atoms with van der Waals surface area (Å²) in [5.74, 6) is 0.311. The standard InChI is InChI=1S/C8H6N2O3/c1-6-4-7(13-5-9)2-3-8(6)10(11)12/h2-4H,1H3. The van der Waals surface area contributed by atoms with Gasteiger partial charge >= 0.3 is 0 Å². The third-order valence-corrected chi connectivity index (χ3v) is 1.53. The minimum absolute atomic E-state index is 0.0188. The molecular formula is C8H6N2O3. The molecule has 0 aliphatic heterocycles. The molecule has 0 amide bonds. The largest absolute Gasteiger partial charge is 0.388 e. The molecule has 0 saturated heterocycles. The van der Waals surface area contributed by atoms with E-state index in [9.17, 15) is 10.1 Å². The van der Waals surface area contributed by atoms with Crippen LogP contribution in [0.25, 0.3) is 0 Å². The fourth-order valence-corrected chi connectivity index (χ4v) is 0.949. The molecule has 66 valence electrons. The molecule has 0 radical (unpaired) electrons. The van der Waals surface area contributed by atoms with Crippen molar-refractivity contribution < 1.29 is 9.66 Å². The summed E-state index contributed by atoms with van der Waals surface area (Å²) in [7, 11) is 0. The van der Waals surface area contributed by atoms with Crippen molar-refractivity contribution in [3.05, 3.63) is 33.9 Å².